The number of hydrogen-bond acceptors (Lipinski definition) is 5. The molecule has 9 heteroatoms. The summed E-state index contributed by atoms with van der Waals surface area (Å²) in [4.78, 5) is 25.3. The number of hydrogen-bond donors (Lipinski definition) is 3. The van der Waals surface area contributed by atoms with Crippen molar-refractivity contribution in [2.24, 2.45) is 12.5 Å². The van der Waals surface area contributed by atoms with Gasteiger partial charge in [-0.3, -0.25) is 0 Å². The fourth-order valence-corrected chi connectivity index (χ4v) is 9.43. The number of nitrogens with zero attached hydrogens (tertiary/aromatic N) is 3. The summed E-state index contributed by atoms with van der Waals surface area (Å²) in [5, 5.41) is 46.1. The molecule has 2 aromatic heterocycles. The Kier molecular flexibility index (Phi) is 16.5. The Bertz CT molecular complexity index is 3360. The zero-order valence-corrected chi connectivity index (χ0v) is 43.5. The van der Waals surface area contributed by atoms with Crippen molar-refractivity contribution in [2.75, 3.05) is 19.0 Å². The van der Waals surface area contributed by atoms with Gasteiger partial charge in [0, 0.05) is 72.4 Å². The molecule has 1 aliphatic rings. The number of pyridine rings is 1. The van der Waals surface area contributed by atoms with Crippen LogP contribution in [0.1, 0.15) is 108 Å². The number of carboxylic acids is 2. The highest BCUT2D eigenvalue weighted by molar-refractivity contribution is 6.02. The molecule has 374 valence electrons. The number of rotatable bonds is 8. The number of aromatic carboxylic acids is 2. The molecule has 2 heterocycles. The van der Waals surface area contributed by atoms with Crippen LogP contribution in [0.25, 0.3) is 50.3 Å². The number of aromatic hydroxyl groups is 1. The molecule has 0 fully saturated rings. The number of carboxylic acid groups (broad SMARTS) is 2. The van der Waals surface area contributed by atoms with Gasteiger partial charge >= 0.3 is 11.9 Å². The molecule has 9 nitrogen and oxygen atoms in total. The van der Waals surface area contributed by atoms with E-state index in [1.807, 2.05) is 0 Å². The largest absolute Gasteiger partial charge is 0.872 e. The summed E-state index contributed by atoms with van der Waals surface area (Å²) in [6.45, 7) is 13.4. The topological polar surface area (TPSA) is 130 Å². The fraction of sp³-hybridized carbons (Fsp3) is 0.234. The van der Waals surface area contributed by atoms with Gasteiger partial charge in [0.15, 0.2) is 0 Å². The van der Waals surface area contributed by atoms with E-state index >= 15 is 0 Å². The second kappa shape index (κ2) is 22.9. The molecule has 0 radical (unpaired) electrons. The van der Waals surface area contributed by atoms with Gasteiger partial charge in [-0.2, -0.15) is 4.57 Å². The molecule has 3 N–H and O–H groups in total. The van der Waals surface area contributed by atoms with E-state index in [9.17, 15) is 30.0 Å². The molecule has 0 bridgehead atoms. The number of aromatic nitrogens is 2. The highest BCUT2D eigenvalue weighted by Crippen LogP contribution is 2.38. The van der Waals surface area contributed by atoms with Crippen LogP contribution in [0, 0.1) is 19.3 Å². The molecule has 73 heavy (non-hydrogen) atoms. The quantitative estimate of drug-likeness (QED) is 0.102. The Balaban J connectivity index is 0.000000169. The SMILES string of the molecule is CC1=CCCC(C)=CCC(C)(C)C=CC1.Cc1cc(C=Cc2ccc3cc(N(C)C)ccc3[n+]2C)c(C)n1-c1ccccc1.O=C(O)c1cc2ccccc2c(Cc2c(O)c(C(=O)O)cc3ccccc23)c1[O-]. The smallest absolute Gasteiger partial charge is 0.339 e. The monoisotopic (exact) mass is 974 g/mol. The third-order valence-corrected chi connectivity index (χ3v) is 13.7. The van der Waals surface area contributed by atoms with Crippen molar-refractivity contribution < 1.29 is 34.6 Å². The van der Waals surface area contributed by atoms with Gasteiger partial charge in [-0.05, 0) is 146 Å². The first kappa shape index (κ1) is 52.6. The van der Waals surface area contributed by atoms with Crippen molar-refractivity contribution in [2.45, 2.75) is 73.6 Å². The summed E-state index contributed by atoms with van der Waals surface area (Å²) >= 11 is 0. The molecule has 1 aliphatic carbocycles. The summed E-state index contributed by atoms with van der Waals surface area (Å²) in [5.74, 6) is -3.71. The van der Waals surface area contributed by atoms with E-state index in [-0.39, 0.29) is 28.7 Å². The van der Waals surface area contributed by atoms with Gasteiger partial charge in [0.1, 0.15) is 18.4 Å². The predicted molar refractivity (Wildman–Crippen MR) is 298 cm³/mol. The minimum absolute atomic E-state index is 0.103. The average molecular weight is 974 g/mol. The number of allylic oxidation sites excluding steroid dienone is 6. The molecule has 0 atom stereocenters. The van der Waals surface area contributed by atoms with Crippen molar-refractivity contribution in [1.29, 1.82) is 0 Å². The lowest BCUT2D eigenvalue weighted by Crippen LogP contribution is -2.32. The van der Waals surface area contributed by atoms with Gasteiger partial charge in [-0.1, -0.05) is 122 Å². The standard InChI is InChI=1S/C26H28N3.C23H16O6.C15H24/c1-19-17-21(20(2)29(19)24-9-7-6-8-10-24)11-13-23-14-12-22-18-25(27(3)4)15-16-26(22)28(23)5;24-20-16(14-7-3-1-5-12(14)9-18(20)22(26)27)11-17-15-8-4-2-6-13(15)10-19(21(17)25)23(28)29;1-13-7-5-8-14(2)10-12-15(3,4)11-6-9-13/h6-18H,1-5H3;1-10,24-25H,11H2,(H,26,27)(H,28,29);6-7,10-11H,5,8-9,12H2,1-4H3/q+1;;/p-1. The second-order valence-electron chi connectivity index (χ2n) is 19.9. The van der Waals surface area contributed by atoms with E-state index in [4.69, 9.17) is 0 Å². The highest BCUT2D eigenvalue weighted by Gasteiger charge is 2.21. The van der Waals surface area contributed by atoms with Crippen LogP contribution in [0.3, 0.4) is 0 Å². The van der Waals surface area contributed by atoms with Crippen LogP contribution in [-0.2, 0) is 13.5 Å². The average Bonchev–Trinajstić information content (AvgIpc) is 3.64. The number of anilines is 1. The summed E-state index contributed by atoms with van der Waals surface area (Å²) in [6.07, 6.45) is 18.5. The number of phenols is 1. The van der Waals surface area contributed by atoms with Gasteiger partial charge in [0.25, 0.3) is 0 Å². The predicted octanol–water partition coefficient (Wildman–Crippen LogP) is 14.1. The van der Waals surface area contributed by atoms with Crippen molar-refractivity contribution in [1.82, 2.24) is 4.57 Å². The van der Waals surface area contributed by atoms with E-state index in [0.717, 1.165) is 12.8 Å². The minimum atomic E-state index is -1.34. The molecule has 0 spiro atoms. The summed E-state index contributed by atoms with van der Waals surface area (Å²) in [5.41, 5.74) is 11.7. The maximum Gasteiger partial charge on any atom is 0.339 e. The molecule has 8 aromatic rings. The lowest BCUT2D eigenvalue weighted by molar-refractivity contribution is -0.646. The number of fused-ring (bicyclic) bond motifs is 3. The van der Waals surface area contributed by atoms with Crippen molar-refractivity contribution in [3.05, 3.63) is 208 Å². The van der Waals surface area contributed by atoms with Crippen LogP contribution in [0.2, 0.25) is 0 Å². The number of benzene rings is 6. The van der Waals surface area contributed by atoms with Gasteiger partial charge in [-0.15, -0.1) is 0 Å². The number of aryl methyl sites for hydroxylation is 2. The van der Waals surface area contributed by atoms with E-state index in [0.29, 0.717) is 27.0 Å². The zero-order chi connectivity index (χ0) is 52.6. The third-order valence-electron chi connectivity index (χ3n) is 13.7. The van der Waals surface area contributed by atoms with Crippen LogP contribution in [-0.4, -0.2) is 45.9 Å². The van der Waals surface area contributed by atoms with Crippen molar-refractivity contribution >= 4 is 62.2 Å². The highest BCUT2D eigenvalue weighted by atomic mass is 16.4. The van der Waals surface area contributed by atoms with Crippen LogP contribution in [0.4, 0.5) is 5.69 Å². The first-order valence-electron chi connectivity index (χ1n) is 24.8. The van der Waals surface area contributed by atoms with Gasteiger partial charge < -0.3 is 29.9 Å². The second-order valence-corrected chi connectivity index (χ2v) is 19.9. The Morgan fingerprint density at radius 1 is 0.726 bits per heavy atom. The van der Waals surface area contributed by atoms with Gasteiger partial charge in [-0.25, -0.2) is 9.59 Å². The van der Waals surface area contributed by atoms with Gasteiger partial charge in [0.2, 0.25) is 11.2 Å². The first-order chi connectivity index (χ1) is 34.8. The Morgan fingerprint density at radius 2 is 1.36 bits per heavy atom. The minimum Gasteiger partial charge on any atom is -0.872 e. The summed E-state index contributed by atoms with van der Waals surface area (Å²) in [6, 6.07) is 40.3. The van der Waals surface area contributed by atoms with E-state index < -0.39 is 23.4 Å². The third kappa shape index (κ3) is 12.5. The molecular weight excluding hydrogens is 907 g/mol. The molecular formula is C64H67N3O6. The Hall–Kier alpha value is -8.17. The Morgan fingerprint density at radius 3 is 2.01 bits per heavy atom. The number of carbonyl (C=O) groups is 2. The molecule has 0 amide bonds. The normalized spacial score (nSPS) is 13.6. The van der Waals surface area contributed by atoms with E-state index in [2.05, 4.69) is 180 Å². The van der Waals surface area contributed by atoms with E-state index in [1.54, 1.807) is 48.5 Å². The summed E-state index contributed by atoms with van der Waals surface area (Å²) < 4.78 is 4.56. The molecule has 0 unspecified atom stereocenters. The summed E-state index contributed by atoms with van der Waals surface area (Å²) in [7, 11) is 6.28. The van der Waals surface area contributed by atoms with Crippen molar-refractivity contribution in [3.8, 4) is 17.2 Å². The number of para-hydroxylation sites is 1. The van der Waals surface area contributed by atoms with Crippen LogP contribution >= 0.6 is 0 Å². The maximum absolute atomic E-state index is 12.9. The maximum atomic E-state index is 12.9. The molecule has 9 rings (SSSR count). The molecule has 6 aromatic carbocycles. The van der Waals surface area contributed by atoms with E-state index in [1.165, 1.54) is 81.0 Å². The van der Waals surface area contributed by atoms with Gasteiger partial charge in [0.05, 0.1) is 5.56 Å². The van der Waals surface area contributed by atoms with Crippen LogP contribution < -0.4 is 14.6 Å². The van der Waals surface area contributed by atoms with Crippen molar-refractivity contribution in [3.63, 3.8) is 0 Å². The first-order valence-corrected chi connectivity index (χ1v) is 24.8. The van der Waals surface area contributed by atoms with Crippen LogP contribution in [0.5, 0.6) is 11.5 Å². The van der Waals surface area contributed by atoms with Crippen LogP contribution in [0.15, 0.2) is 163 Å². The molecule has 0 saturated carbocycles. The fourth-order valence-electron chi connectivity index (χ4n) is 9.43. The lowest BCUT2D eigenvalue weighted by Gasteiger charge is -2.21. The molecule has 0 saturated heterocycles. The lowest BCUT2D eigenvalue weighted by atomic mass is 9.87. The molecule has 0 aliphatic heterocycles. The zero-order valence-electron chi connectivity index (χ0n) is 43.5. The Labute approximate surface area is 429 Å².